The Labute approximate surface area is 102 Å². The zero-order valence-corrected chi connectivity index (χ0v) is 10.3. The first-order chi connectivity index (χ1) is 8.11. The molecule has 0 bridgehead atoms. The van der Waals surface area contributed by atoms with Gasteiger partial charge in [0.25, 0.3) is 0 Å². The minimum Gasteiger partial charge on any atom is -0.399 e. The first kappa shape index (κ1) is 11.9. The summed E-state index contributed by atoms with van der Waals surface area (Å²) < 4.78 is 0. The Morgan fingerprint density at radius 3 is 2.59 bits per heavy atom. The van der Waals surface area contributed by atoms with E-state index in [4.69, 9.17) is 5.73 Å². The molecule has 2 rings (SSSR count). The van der Waals surface area contributed by atoms with E-state index < -0.39 is 0 Å². The number of anilines is 1. The first-order valence-corrected chi connectivity index (χ1v) is 5.87. The van der Waals surface area contributed by atoms with Gasteiger partial charge in [-0.15, -0.1) is 0 Å². The largest absolute Gasteiger partial charge is 0.399 e. The van der Waals surface area contributed by atoms with Crippen molar-refractivity contribution in [1.82, 2.24) is 10.2 Å². The van der Waals surface area contributed by atoms with Crippen molar-refractivity contribution < 1.29 is 4.79 Å². The average molecular weight is 233 g/mol. The molecule has 3 N–H and O–H groups in total. The highest BCUT2D eigenvalue weighted by Crippen LogP contribution is 2.32. The second kappa shape index (κ2) is 4.75. The number of likely N-dealkylation sites (tertiary alicyclic amines) is 1. The smallest absolute Gasteiger partial charge is 0.224 e. The second-order valence-electron chi connectivity index (χ2n) is 4.72. The monoisotopic (exact) mass is 233 g/mol. The fourth-order valence-electron chi connectivity index (χ4n) is 2.53. The molecule has 1 aliphatic rings. The number of carbonyl (C=O) groups is 1. The van der Waals surface area contributed by atoms with Gasteiger partial charge in [-0.25, -0.2) is 0 Å². The third-order valence-corrected chi connectivity index (χ3v) is 3.45. The lowest BCUT2D eigenvalue weighted by molar-refractivity contribution is -0.124. The van der Waals surface area contributed by atoms with Crippen molar-refractivity contribution in [2.24, 2.45) is 5.92 Å². The van der Waals surface area contributed by atoms with Crippen molar-refractivity contribution in [2.75, 3.05) is 32.9 Å². The molecule has 0 aromatic heterocycles. The van der Waals surface area contributed by atoms with Crippen molar-refractivity contribution in [3.05, 3.63) is 29.8 Å². The van der Waals surface area contributed by atoms with Crippen molar-refractivity contribution in [3.63, 3.8) is 0 Å². The maximum absolute atomic E-state index is 11.8. The van der Waals surface area contributed by atoms with E-state index in [0.717, 1.165) is 18.8 Å². The summed E-state index contributed by atoms with van der Waals surface area (Å²) in [4.78, 5) is 14.0. The highest BCUT2D eigenvalue weighted by molar-refractivity contribution is 5.80. The highest BCUT2D eigenvalue weighted by atomic mass is 16.1. The van der Waals surface area contributed by atoms with Crippen LogP contribution in [0, 0.1) is 5.92 Å². The number of carbonyl (C=O) groups excluding carboxylic acids is 1. The number of nitrogens with one attached hydrogen (secondary N) is 1. The fourth-order valence-corrected chi connectivity index (χ4v) is 2.53. The molecule has 0 saturated carbocycles. The lowest BCUT2D eigenvalue weighted by Crippen LogP contribution is -2.31. The van der Waals surface area contributed by atoms with Gasteiger partial charge in [-0.3, -0.25) is 4.79 Å². The van der Waals surface area contributed by atoms with Crippen LogP contribution >= 0.6 is 0 Å². The minimum absolute atomic E-state index is 0.0358. The quantitative estimate of drug-likeness (QED) is 0.738. The molecule has 1 aliphatic heterocycles. The third-order valence-electron chi connectivity index (χ3n) is 3.45. The summed E-state index contributed by atoms with van der Waals surface area (Å²) >= 11 is 0. The van der Waals surface area contributed by atoms with E-state index >= 15 is 0 Å². The molecule has 0 unspecified atom stereocenters. The van der Waals surface area contributed by atoms with E-state index in [-0.39, 0.29) is 17.7 Å². The van der Waals surface area contributed by atoms with Gasteiger partial charge in [-0.1, -0.05) is 12.1 Å². The van der Waals surface area contributed by atoms with Crippen LogP contribution in [0.15, 0.2) is 24.3 Å². The van der Waals surface area contributed by atoms with Crippen LogP contribution in [0.5, 0.6) is 0 Å². The van der Waals surface area contributed by atoms with E-state index in [0.29, 0.717) is 0 Å². The van der Waals surface area contributed by atoms with Crippen LogP contribution in [-0.4, -0.2) is 38.0 Å². The molecule has 1 saturated heterocycles. The molecule has 1 heterocycles. The molecule has 92 valence electrons. The maximum atomic E-state index is 11.8. The SMILES string of the molecule is CNC(=O)[C@@H]1CN(C)C[C@@H]1c1ccc(N)cc1. The Morgan fingerprint density at radius 2 is 2.00 bits per heavy atom. The number of nitrogens with two attached hydrogens (primary N) is 1. The highest BCUT2D eigenvalue weighted by Gasteiger charge is 2.36. The van der Waals surface area contributed by atoms with Crippen LogP contribution in [0.4, 0.5) is 5.69 Å². The van der Waals surface area contributed by atoms with Crippen LogP contribution in [-0.2, 0) is 4.79 Å². The van der Waals surface area contributed by atoms with E-state index in [1.807, 2.05) is 31.3 Å². The fraction of sp³-hybridized carbons (Fsp3) is 0.462. The van der Waals surface area contributed by atoms with Gasteiger partial charge in [0.05, 0.1) is 5.92 Å². The number of benzene rings is 1. The summed E-state index contributed by atoms with van der Waals surface area (Å²) in [5, 5.41) is 2.75. The van der Waals surface area contributed by atoms with E-state index in [2.05, 4.69) is 10.2 Å². The molecule has 1 amide bonds. The van der Waals surface area contributed by atoms with Gasteiger partial charge in [-0.05, 0) is 24.7 Å². The van der Waals surface area contributed by atoms with Crippen molar-refractivity contribution in [2.45, 2.75) is 5.92 Å². The van der Waals surface area contributed by atoms with Crippen LogP contribution in [0.25, 0.3) is 0 Å². The van der Waals surface area contributed by atoms with E-state index in [1.165, 1.54) is 5.56 Å². The number of amides is 1. The molecule has 1 aromatic carbocycles. The topological polar surface area (TPSA) is 58.4 Å². The molecule has 4 heteroatoms. The molecule has 0 spiro atoms. The number of rotatable bonds is 2. The van der Waals surface area contributed by atoms with Gasteiger partial charge < -0.3 is 16.0 Å². The number of hydrogen-bond acceptors (Lipinski definition) is 3. The number of likely N-dealkylation sites (N-methyl/N-ethyl adjacent to an activating group) is 1. The molecule has 2 atom stereocenters. The molecule has 17 heavy (non-hydrogen) atoms. The Morgan fingerprint density at radius 1 is 1.35 bits per heavy atom. The molecular formula is C13H19N3O. The molecule has 1 aromatic rings. The Kier molecular flexibility index (Phi) is 3.33. The van der Waals surface area contributed by atoms with Gasteiger partial charge in [0.2, 0.25) is 5.91 Å². The van der Waals surface area contributed by atoms with Crippen LogP contribution in [0.3, 0.4) is 0 Å². The van der Waals surface area contributed by atoms with Gasteiger partial charge in [-0.2, -0.15) is 0 Å². The normalized spacial score (nSPS) is 24.8. The number of hydrogen-bond donors (Lipinski definition) is 2. The Bertz CT molecular complexity index is 402. The lowest BCUT2D eigenvalue weighted by atomic mass is 9.88. The summed E-state index contributed by atoms with van der Waals surface area (Å²) in [5.74, 6) is 0.422. The maximum Gasteiger partial charge on any atom is 0.224 e. The van der Waals surface area contributed by atoms with Crippen LogP contribution in [0.2, 0.25) is 0 Å². The van der Waals surface area contributed by atoms with Gasteiger partial charge >= 0.3 is 0 Å². The van der Waals surface area contributed by atoms with Crippen molar-refractivity contribution in [1.29, 1.82) is 0 Å². The third kappa shape index (κ3) is 2.42. The summed E-state index contributed by atoms with van der Waals surface area (Å²) in [6.07, 6.45) is 0. The standard InChI is InChI=1S/C13H19N3O/c1-15-13(17)12-8-16(2)7-11(12)9-3-5-10(14)6-4-9/h3-6,11-12H,7-8,14H2,1-2H3,(H,15,17)/t11-,12-/m1/s1. The zero-order chi connectivity index (χ0) is 12.4. The predicted octanol–water partition coefficient (Wildman–Crippen LogP) is 0.660. The van der Waals surface area contributed by atoms with Crippen LogP contribution < -0.4 is 11.1 Å². The van der Waals surface area contributed by atoms with Gasteiger partial charge in [0.15, 0.2) is 0 Å². The molecular weight excluding hydrogens is 214 g/mol. The molecule has 0 radical (unpaired) electrons. The minimum atomic E-state index is 0.0358. The Hall–Kier alpha value is -1.55. The second-order valence-corrected chi connectivity index (χ2v) is 4.72. The molecule has 0 aliphatic carbocycles. The summed E-state index contributed by atoms with van der Waals surface area (Å²) in [6, 6.07) is 7.84. The summed E-state index contributed by atoms with van der Waals surface area (Å²) in [6.45, 7) is 1.73. The first-order valence-electron chi connectivity index (χ1n) is 5.87. The molecule has 4 nitrogen and oxygen atoms in total. The number of nitrogen functional groups attached to an aromatic ring is 1. The zero-order valence-electron chi connectivity index (χ0n) is 10.3. The lowest BCUT2D eigenvalue weighted by Gasteiger charge is -2.17. The van der Waals surface area contributed by atoms with Crippen molar-refractivity contribution in [3.8, 4) is 0 Å². The van der Waals surface area contributed by atoms with Gasteiger partial charge in [0.1, 0.15) is 0 Å². The Balaban J connectivity index is 2.23. The predicted molar refractivity (Wildman–Crippen MR) is 68.6 cm³/mol. The molecule has 1 fully saturated rings. The van der Waals surface area contributed by atoms with Gasteiger partial charge in [0, 0.05) is 31.7 Å². The van der Waals surface area contributed by atoms with Crippen LogP contribution in [0.1, 0.15) is 11.5 Å². The van der Waals surface area contributed by atoms with E-state index in [9.17, 15) is 4.79 Å². The average Bonchev–Trinajstić information content (AvgIpc) is 2.71. The summed E-state index contributed by atoms with van der Waals surface area (Å²) in [7, 11) is 3.74. The number of nitrogens with zero attached hydrogens (tertiary/aromatic N) is 1. The van der Waals surface area contributed by atoms with Crippen molar-refractivity contribution >= 4 is 11.6 Å². The van der Waals surface area contributed by atoms with E-state index in [1.54, 1.807) is 7.05 Å². The summed E-state index contributed by atoms with van der Waals surface area (Å²) in [5.41, 5.74) is 7.64.